The van der Waals surface area contributed by atoms with Gasteiger partial charge in [-0.1, -0.05) is 6.92 Å². The molecular weight excluding hydrogens is 254 g/mol. The number of ether oxygens (including phenoxy) is 1. The summed E-state index contributed by atoms with van der Waals surface area (Å²) in [5, 5.41) is 6.34. The lowest BCUT2D eigenvalue weighted by atomic mass is 9.81. The number of nitrogens with one attached hydrogen (secondary N) is 2. The molecule has 5 nitrogen and oxygen atoms in total. The molecule has 2 N–H and O–H groups in total. The first-order valence-electron chi connectivity index (χ1n) is 7.14. The molecule has 1 saturated heterocycles. The number of carbonyl (C=O) groups is 1. The van der Waals surface area contributed by atoms with Gasteiger partial charge in [-0.25, -0.2) is 0 Å². The molecule has 20 heavy (non-hydrogen) atoms. The molecule has 1 aromatic rings. The Kier molecular flexibility index (Phi) is 4.95. The van der Waals surface area contributed by atoms with Crippen molar-refractivity contribution < 1.29 is 9.53 Å². The van der Waals surface area contributed by atoms with Gasteiger partial charge in [0.1, 0.15) is 5.75 Å². The fourth-order valence-corrected chi connectivity index (χ4v) is 2.33. The van der Waals surface area contributed by atoms with Gasteiger partial charge in [0.25, 0.3) is 5.91 Å². The molecule has 1 aliphatic rings. The maximum absolute atomic E-state index is 12.1. The SMILES string of the molecule is CC(Oc1cccnc1)C(=O)NCC1(C)CCNCC1. The highest BCUT2D eigenvalue weighted by Gasteiger charge is 2.28. The number of amides is 1. The fourth-order valence-electron chi connectivity index (χ4n) is 2.33. The molecule has 0 bridgehead atoms. The Labute approximate surface area is 120 Å². The fraction of sp³-hybridized carbons (Fsp3) is 0.600. The molecule has 5 heteroatoms. The monoisotopic (exact) mass is 277 g/mol. The maximum atomic E-state index is 12.1. The van der Waals surface area contributed by atoms with Crippen molar-refractivity contribution in [1.82, 2.24) is 15.6 Å². The van der Waals surface area contributed by atoms with Crippen molar-refractivity contribution in [2.45, 2.75) is 32.8 Å². The zero-order valence-corrected chi connectivity index (χ0v) is 12.2. The first-order valence-corrected chi connectivity index (χ1v) is 7.14. The smallest absolute Gasteiger partial charge is 0.260 e. The first-order chi connectivity index (χ1) is 9.59. The zero-order chi connectivity index (χ0) is 14.4. The van der Waals surface area contributed by atoms with Crippen LogP contribution in [0.4, 0.5) is 0 Å². The molecular formula is C15H23N3O2. The molecule has 1 aliphatic heterocycles. The summed E-state index contributed by atoms with van der Waals surface area (Å²) in [7, 11) is 0. The van der Waals surface area contributed by atoms with E-state index in [2.05, 4.69) is 22.5 Å². The largest absolute Gasteiger partial charge is 0.479 e. The van der Waals surface area contributed by atoms with E-state index in [4.69, 9.17) is 4.74 Å². The van der Waals surface area contributed by atoms with Crippen molar-refractivity contribution in [3.05, 3.63) is 24.5 Å². The van der Waals surface area contributed by atoms with Crippen LogP contribution < -0.4 is 15.4 Å². The Bertz CT molecular complexity index is 430. The van der Waals surface area contributed by atoms with Crippen molar-refractivity contribution in [1.29, 1.82) is 0 Å². The molecule has 1 amide bonds. The van der Waals surface area contributed by atoms with E-state index in [1.54, 1.807) is 31.5 Å². The molecule has 2 rings (SSSR count). The minimum atomic E-state index is -0.510. The average Bonchev–Trinajstić information content (AvgIpc) is 2.46. The minimum Gasteiger partial charge on any atom is -0.479 e. The second-order valence-corrected chi connectivity index (χ2v) is 5.73. The number of aromatic nitrogens is 1. The number of nitrogens with zero attached hydrogens (tertiary/aromatic N) is 1. The Morgan fingerprint density at radius 3 is 2.95 bits per heavy atom. The summed E-state index contributed by atoms with van der Waals surface area (Å²) in [6.45, 7) is 6.73. The van der Waals surface area contributed by atoms with E-state index in [9.17, 15) is 4.79 Å². The van der Waals surface area contributed by atoms with Crippen LogP contribution in [-0.2, 0) is 4.79 Å². The van der Waals surface area contributed by atoms with Gasteiger partial charge in [-0.05, 0) is 50.4 Å². The molecule has 2 heterocycles. The molecule has 0 spiro atoms. The zero-order valence-electron chi connectivity index (χ0n) is 12.2. The first kappa shape index (κ1) is 14.8. The van der Waals surface area contributed by atoms with E-state index in [0.717, 1.165) is 25.9 Å². The van der Waals surface area contributed by atoms with Gasteiger partial charge in [-0.3, -0.25) is 9.78 Å². The van der Waals surface area contributed by atoms with Gasteiger partial charge in [0.2, 0.25) is 0 Å². The molecule has 1 atom stereocenters. The van der Waals surface area contributed by atoms with Gasteiger partial charge >= 0.3 is 0 Å². The predicted molar refractivity (Wildman–Crippen MR) is 77.5 cm³/mol. The molecule has 0 aliphatic carbocycles. The Hall–Kier alpha value is -1.62. The molecule has 1 fully saturated rings. The lowest BCUT2D eigenvalue weighted by Crippen LogP contribution is -2.45. The van der Waals surface area contributed by atoms with Crippen LogP contribution in [0.3, 0.4) is 0 Å². The van der Waals surface area contributed by atoms with Crippen LogP contribution in [0.1, 0.15) is 26.7 Å². The van der Waals surface area contributed by atoms with Gasteiger partial charge in [0, 0.05) is 12.7 Å². The van der Waals surface area contributed by atoms with Crippen molar-refractivity contribution in [3.63, 3.8) is 0 Å². The predicted octanol–water partition coefficient (Wildman–Crippen LogP) is 1.35. The molecule has 0 radical (unpaired) electrons. The maximum Gasteiger partial charge on any atom is 0.260 e. The molecule has 0 saturated carbocycles. The highest BCUT2D eigenvalue weighted by atomic mass is 16.5. The normalized spacial score (nSPS) is 19.1. The van der Waals surface area contributed by atoms with E-state index in [0.29, 0.717) is 12.3 Å². The number of hydrogen-bond donors (Lipinski definition) is 2. The lowest BCUT2D eigenvalue weighted by Gasteiger charge is -2.34. The summed E-state index contributed by atoms with van der Waals surface area (Å²) in [5.41, 5.74) is 0.189. The van der Waals surface area contributed by atoms with E-state index in [1.807, 2.05) is 0 Å². The number of rotatable bonds is 5. The van der Waals surface area contributed by atoms with Gasteiger partial charge in [0.05, 0.1) is 6.20 Å². The number of pyridine rings is 1. The number of hydrogen-bond acceptors (Lipinski definition) is 4. The van der Waals surface area contributed by atoms with Crippen LogP contribution in [0.15, 0.2) is 24.5 Å². The molecule has 0 aromatic carbocycles. The second-order valence-electron chi connectivity index (χ2n) is 5.73. The lowest BCUT2D eigenvalue weighted by molar-refractivity contribution is -0.127. The van der Waals surface area contributed by atoms with E-state index in [-0.39, 0.29) is 11.3 Å². The van der Waals surface area contributed by atoms with Crippen LogP contribution in [0.2, 0.25) is 0 Å². The number of piperidine rings is 1. The van der Waals surface area contributed by atoms with Crippen molar-refractivity contribution in [3.8, 4) is 5.75 Å². The summed E-state index contributed by atoms with van der Waals surface area (Å²) in [5.74, 6) is 0.539. The Morgan fingerprint density at radius 2 is 2.30 bits per heavy atom. The summed E-state index contributed by atoms with van der Waals surface area (Å²) < 4.78 is 5.56. The van der Waals surface area contributed by atoms with Crippen molar-refractivity contribution in [2.24, 2.45) is 5.41 Å². The topological polar surface area (TPSA) is 63.2 Å². The molecule has 1 unspecified atom stereocenters. The second kappa shape index (κ2) is 6.70. The van der Waals surface area contributed by atoms with Gasteiger partial charge in [0.15, 0.2) is 6.10 Å². The van der Waals surface area contributed by atoms with Crippen LogP contribution in [-0.4, -0.2) is 36.6 Å². The van der Waals surface area contributed by atoms with Gasteiger partial charge < -0.3 is 15.4 Å². The minimum absolute atomic E-state index is 0.0754. The Balaban J connectivity index is 1.79. The van der Waals surface area contributed by atoms with Crippen molar-refractivity contribution >= 4 is 5.91 Å². The number of carbonyl (C=O) groups excluding carboxylic acids is 1. The van der Waals surface area contributed by atoms with Crippen molar-refractivity contribution in [2.75, 3.05) is 19.6 Å². The van der Waals surface area contributed by atoms with Gasteiger partial charge in [-0.2, -0.15) is 0 Å². The summed E-state index contributed by atoms with van der Waals surface area (Å²) in [4.78, 5) is 16.0. The standard InChI is InChI=1S/C15H23N3O2/c1-12(20-13-4-3-7-17-10-13)14(19)18-11-15(2)5-8-16-9-6-15/h3-4,7,10,12,16H,5-6,8-9,11H2,1-2H3,(H,18,19). The molecule has 1 aromatic heterocycles. The Morgan fingerprint density at radius 1 is 1.55 bits per heavy atom. The average molecular weight is 277 g/mol. The third kappa shape index (κ3) is 4.20. The van der Waals surface area contributed by atoms with E-state index < -0.39 is 6.10 Å². The van der Waals surface area contributed by atoms with E-state index in [1.165, 1.54) is 0 Å². The van der Waals surface area contributed by atoms with Crippen LogP contribution in [0, 0.1) is 5.41 Å². The van der Waals surface area contributed by atoms with Crippen LogP contribution >= 0.6 is 0 Å². The van der Waals surface area contributed by atoms with Crippen LogP contribution in [0.5, 0.6) is 5.75 Å². The third-order valence-corrected chi connectivity index (χ3v) is 3.82. The highest BCUT2D eigenvalue weighted by molar-refractivity contribution is 5.80. The summed E-state index contributed by atoms with van der Waals surface area (Å²) in [6, 6.07) is 3.58. The summed E-state index contributed by atoms with van der Waals surface area (Å²) >= 11 is 0. The third-order valence-electron chi connectivity index (χ3n) is 3.82. The van der Waals surface area contributed by atoms with E-state index >= 15 is 0 Å². The molecule has 110 valence electrons. The highest BCUT2D eigenvalue weighted by Crippen LogP contribution is 2.26. The van der Waals surface area contributed by atoms with Gasteiger partial charge in [-0.15, -0.1) is 0 Å². The quantitative estimate of drug-likeness (QED) is 0.853. The summed E-state index contributed by atoms with van der Waals surface area (Å²) in [6.07, 6.45) is 4.95. The van der Waals surface area contributed by atoms with Crippen LogP contribution in [0.25, 0.3) is 0 Å².